The molecule has 2 aromatic rings. The number of rotatable bonds is 4. The van der Waals surface area contributed by atoms with Gasteiger partial charge in [0.1, 0.15) is 17.1 Å². The highest BCUT2D eigenvalue weighted by molar-refractivity contribution is 5.28. The smallest absolute Gasteiger partial charge is 0.107 e. The van der Waals surface area contributed by atoms with Gasteiger partial charge in [-0.25, -0.2) is 0 Å². The predicted octanol–water partition coefficient (Wildman–Crippen LogP) is 2.50. The van der Waals surface area contributed by atoms with E-state index in [0.29, 0.717) is 6.54 Å². The first-order valence-electron chi connectivity index (χ1n) is 7.92. The van der Waals surface area contributed by atoms with Gasteiger partial charge in [0.25, 0.3) is 0 Å². The van der Waals surface area contributed by atoms with Crippen molar-refractivity contribution in [2.24, 2.45) is 7.05 Å². The minimum absolute atomic E-state index is 0.261. The number of furan rings is 1. The largest absolute Gasteiger partial charge is 0.466 e. The molecule has 1 aliphatic carbocycles. The summed E-state index contributed by atoms with van der Waals surface area (Å²) in [5.74, 6) is 1.62. The van der Waals surface area contributed by atoms with Crippen LogP contribution in [0.15, 0.2) is 16.7 Å². The Hall–Kier alpha value is -1.59. The van der Waals surface area contributed by atoms with Gasteiger partial charge in [-0.15, -0.1) is 0 Å². The number of aryl methyl sites for hydroxylation is 3. The number of hydrogen-bond donors (Lipinski definition) is 2. The van der Waals surface area contributed by atoms with Crippen LogP contribution in [0.4, 0.5) is 0 Å². The van der Waals surface area contributed by atoms with Gasteiger partial charge in [-0.3, -0.25) is 4.68 Å². The molecule has 2 unspecified atom stereocenters. The van der Waals surface area contributed by atoms with Gasteiger partial charge >= 0.3 is 0 Å². The molecule has 0 fully saturated rings. The average molecular weight is 303 g/mol. The molecule has 5 heteroatoms. The normalized spacial score (nSPS) is 20.7. The van der Waals surface area contributed by atoms with E-state index in [-0.39, 0.29) is 6.04 Å². The van der Waals surface area contributed by atoms with Gasteiger partial charge in [0.05, 0.1) is 6.20 Å². The van der Waals surface area contributed by atoms with Crippen molar-refractivity contribution in [1.29, 1.82) is 0 Å². The average Bonchev–Trinajstić information content (AvgIpc) is 3.01. The minimum Gasteiger partial charge on any atom is -0.466 e. The Bertz CT molecular complexity index is 669. The molecule has 1 aliphatic rings. The quantitative estimate of drug-likeness (QED) is 0.911. The highest BCUT2D eigenvalue weighted by atomic mass is 16.3. The van der Waals surface area contributed by atoms with E-state index in [1.165, 1.54) is 11.3 Å². The van der Waals surface area contributed by atoms with Crippen LogP contribution in [0.5, 0.6) is 0 Å². The van der Waals surface area contributed by atoms with Gasteiger partial charge in [-0.2, -0.15) is 5.10 Å². The van der Waals surface area contributed by atoms with E-state index in [1.807, 2.05) is 44.8 Å². The van der Waals surface area contributed by atoms with E-state index in [4.69, 9.17) is 4.42 Å². The summed E-state index contributed by atoms with van der Waals surface area (Å²) in [6.07, 6.45) is 5.27. The van der Waals surface area contributed by atoms with Crippen LogP contribution in [0.25, 0.3) is 0 Å². The molecule has 2 heterocycles. The minimum atomic E-state index is -0.943. The van der Waals surface area contributed by atoms with Gasteiger partial charge in [0.15, 0.2) is 0 Å². The number of hydrogen-bond acceptors (Lipinski definition) is 4. The number of nitrogens with zero attached hydrogens (tertiary/aromatic N) is 2. The first-order valence-corrected chi connectivity index (χ1v) is 7.92. The van der Waals surface area contributed by atoms with Gasteiger partial charge in [0.2, 0.25) is 0 Å². The van der Waals surface area contributed by atoms with Gasteiger partial charge in [-0.05, 0) is 46.1 Å². The molecule has 2 aromatic heterocycles. The number of fused-ring (bicyclic) bond motifs is 1. The molecule has 0 saturated carbocycles. The molecule has 120 valence electrons. The first-order chi connectivity index (χ1) is 10.4. The topological polar surface area (TPSA) is 63.2 Å². The van der Waals surface area contributed by atoms with Gasteiger partial charge in [0, 0.05) is 36.5 Å². The molecule has 0 aliphatic heterocycles. The SMILES string of the molecule is Cc1cc(C(C)(O)CNC2CCCc3c2cnn3C)c(C)o1. The molecule has 0 amide bonds. The second-order valence-corrected chi connectivity index (χ2v) is 6.60. The summed E-state index contributed by atoms with van der Waals surface area (Å²) in [6, 6.07) is 2.19. The molecule has 22 heavy (non-hydrogen) atoms. The van der Waals surface area contributed by atoms with E-state index in [1.54, 1.807) is 0 Å². The second-order valence-electron chi connectivity index (χ2n) is 6.60. The maximum Gasteiger partial charge on any atom is 0.107 e. The lowest BCUT2D eigenvalue weighted by Crippen LogP contribution is -2.38. The fourth-order valence-corrected chi connectivity index (χ4v) is 3.50. The Morgan fingerprint density at radius 3 is 2.95 bits per heavy atom. The Labute approximate surface area is 131 Å². The van der Waals surface area contributed by atoms with Crippen molar-refractivity contribution < 1.29 is 9.52 Å². The summed E-state index contributed by atoms with van der Waals surface area (Å²) >= 11 is 0. The van der Waals surface area contributed by atoms with Crippen molar-refractivity contribution in [2.75, 3.05) is 6.54 Å². The highest BCUT2D eigenvalue weighted by Crippen LogP contribution is 2.31. The zero-order valence-corrected chi connectivity index (χ0v) is 13.8. The second kappa shape index (κ2) is 5.56. The van der Waals surface area contributed by atoms with E-state index >= 15 is 0 Å². The van der Waals surface area contributed by atoms with Gasteiger partial charge in [-0.1, -0.05) is 0 Å². The third-order valence-electron chi connectivity index (χ3n) is 4.69. The summed E-state index contributed by atoms with van der Waals surface area (Å²) in [5, 5.41) is 18.7. The van der Waals surface area contributed by atoms with Crippen LogP contribution >= 0.6 is 0 Å². The zero-order valence-electron chi connectivity index (χ0n) is 13.8. The lowest BCUT2D eigenvalue weighted by atomic mass is 9.91. The van der Waals surface area contributed by atoms with Crippen molar-refractivity contribution in [1.82, 2.24) is 15.1 Å². The summed E-state index contributed by atoms with van der Waals surface area (Å²) in [4.78, 5) is 0. The lowest BCUT2D eigenvalue weighted by molar-refractivity contribution is 0.0516. The first kappa shape index (κ1) is 15.3. The van der Waals surface area contributed by atoms with E-state index in [2.05, 4.69) is 10.4 Å². The van der Waals surface area contributed by atoms with Gasteiger partial charge < -0.3 is 14.8 Å². The Balaban J connectivity index is 1.74. The molecule has 0 radical (unpaired) electrons. The van der Waals surface area contributed by atoms with Crippen molar-refractivity contribution in [3.8, 4) is 0 Å². The highest BCUT2D eigenvalue weighted by Gasteiger charge is 2.30. The van der Waals surface area contributed by atoms with E-state index in [0.717, 1.165) is 36.3 Å². The summed E-state index contributed by atoms with van der Waals surface area (Å²) in [7, 11) is 2.00. The Kier molecular flexibility index (Phi) is 3.87. The molecular formula is C17H25N3O2. The van der Waals surface area contributed by atoms with E-state index < -0.39 is 5.60 Å². The molecule has 2 N–H and O–H groups in total. The lowest BCUT2D eigenvalue weighted by Gasteiger charge is -2.29. The molecule has 0 aromatic carbocycles. The summed E-state index contributed by atoms with van der Waals surface area (Å²) in [5.41, 5.74) is 2.49. The summed E-state index contributed by atoms with van der Waals surface area (Å²) < 4.78 is 7.51. The standard InChI is InChI=1S/C17H25N3O2/c1-11-8-14(12(2)22-11)17(3,21)10-18-15-6-5-7-16-13(15)9-19-20(16)4/h8-9,15,18,21H,5-7,10H2,1-4H3. The molecule has 0 spiro atoms. The van der Waals surface area contributed by atoms with Crippen LogP contribution in [0.2, 0.25) is 0 Å². The summed E-state index contributed by atoms with van der Waals surface area (Å²) in [6.45, 7) is 6.13. The number of aliphatic hydroxyl groups is 1. The van der Waals surface area contributed by atoms with Crippen LogP contribution in [-0.2, 0) is 19.1 Å². The molecule has 0 bridgehead atoms. The van der Waals surface area contributed by atoms with E-state index in [9.17, 15) is 5.11 Å². The van der Waals surface area contributed by atoms with Crippen LogP contribution in [0, 0.1) is 13.8 Å². The maximum atomic E-state index is 10.8. The van der Waals surface area contributed by atoms with Crippen LogP contribution < -0.4 is 5.32 Å². The number of nitrogens with one attached hydrogen (secondary N) is 1. The fraction of sp³-hybridized carbons (Fsp3) is 0.588. The molecule has 0 saturated heterocycles. The molecule has 3 rings (SSSR count). The Morgan fingerprint density at radius 1 is 1.50 bits per heavy atom. The number of aromatic nitrogens is 2. The third-order valence-corrected chi connectivity index (χ3v) is 4.69. The van der Waals surface area contributed by atoms with Crippen molar-refractivity contribution in [3.05, 3.63) is 40.6 Å². The third kappa shape index (κ3) is 2.71. The molecule has 5 nitrogen and oxygen atoms in total. The van der Waals surface area contributed by atoms with Crippen LogP contribution in [-0.4, -0.2) is 21.4 Å². The van der Waals surface area contributed by atoms with Crippen LogP contribution in [0.3, 0.4) is 0 Å². The monoisotopic (exact) mass is 303 g/mol. The van der Waals surface area contributed by atoms with Crippen molar-refractivity contribution in [3.63, 3.8) is 0 Å². The molecular weight excluding hydrogens is 278 g/mol. The molecule has 2 atom stereocenters. The zero-order chi connectivity index (χ0) is 15.9. The van der Waals surface area contributed by atoms with Crippen LogP contribution in [0.1, 0.15) is 54.1 Å². The Morgan fingerprint density at radius 2 is 2.27 bits per heavy atom. The van der Waals surface area contributed by atoms with Crippen molar-refractivity contribution >= 4 is 0 Å². The fourth-order valence-electron chi connectivity index (χ4n) is 3.50. The maximum absolute atomic E-state index is 10.8. The van der Waals surface area contributed by atoms with Crippen molar-refractivity contribution in [2.45, 2.75) is 51.7 Å². The predicted molar refractivity (Wildman–Crippen MR) is 84.6 cm³/mol.